The van der Waals surface area contributed by atoms with E-state index in [9.17, 15) is 0 Å². The van der Waals surface area contributed by atoms with Crippen LogP contribution in [0.25, 0.3) is 16.7 Å². The van der Waals surface area contributed by atoms with Gasteiger partial charge in [0.2, 0.25) is 5.95 Å². The van der Waals surface area contributed by atoms with Crippen molar-refractivity contribution >= 4 is 48.6 Å². The number of nitrogens with one attached hydrogen (secondary N) is 2. The van der Waals surface area contributed by atoms with Gasteiger partial charge in [-0.1, -0.05) is 20.8 Å². The molecule has 10 heteroatoms. The summed E-state index contributed by atoms with van der Waals surface area (Å²) >= 11 is 3.58. The molecular formula is C20H26BrN7OS. The predicted molar refractivity (Wildman–Crippen MR) is 126 cm³/mol. The Morgan fingerprint density at radius 3 is 2.60 bits per heavy atom. The fraction of sp³-hybridized carbons (Fsp3) is 0.400. The highest BCUT2D eigenvalue weighted by atomic mass is 79.9. The van der Waals surface area contributed by atoms with E-state index in [4.69, 9.17) is 14.7 Å². The minimum Gasteiger partial charge on any atom is -0.497 e. The van der Waals surface area contributed by atoms with Crippen LogP contribution in [0.1, 0.15) is 26.6 Å². The maximum atomic E-state index is 5.29. The van der Waals surface area contributed by atoms with Gasteiger partial charge in [0.05, 0.1) is 35.4 Å². The first kappa shape index (κ1) is 20.9. The molecule has 0 atom stereocenters. The Hall–Kier alpha value is -2.33. The quantitative estimate of drug-likeness (QED) is 0.373. The molecule has 8 nitrogen and oxygen atoms in total. The highest BCUT2D eigenvalue weighted by molar-refractivity contribution is 9.10. The van der Waals surface area contributed by atoms with Gasteiger partial charge in [-0.2, -0.15) is 24.6 Å². The molecule has 1 aromatic carbocycles. The van der Waals surface area contributed by atoms with Crippen molar-refractivity contribution in [2.45, 2.75) is 32.5 Å². The molecule has 0 spiro atoms. The van der Waals surface area contributed by atoms with E-state index in [1.165, 1.54) is 0 Å². The molecule has 30 heavy (non-hydrogen) atoms. The number of benzene rings is 1. The Morgan fingerprint density at radius 1 is 1.13 bits per heavy atom. The van der Waals surface area contributed by atoms with Gasteiger partial charge in [0.25, 0.3) is 0 Å². The lowest BCUT2D eigenvalue weighted by molar-refractivity contribution is 0.415. The number of halogens is 1. The molecule has 4 rings (SSSR count). The number of imidazole rings is 1. The lowest BCUT2D eigenvalue weighted by Crippen LogP contribution is -2.17. The summed E-state index contributed by atoms with van der Waals surface area (Å²) in [4.78, 5) is 17.8. The molecule has 0 radical (unpaired) electrons. The first-order valence-corrected chi connectivity index (χ1v) is 12.9. The number of rotatable bonds is 8. The van der Waals surface area contributed by atoms with E-state index >= 15 is 0 Å². The Balaban J connectivity index is 1.70. The summed E-state index contributed by atoms with van der Waals surface area (Å²) in [5, 5.41) is 8.78. The van der Waals surface area contributed by atoms with Gasteiger partial charge in [0.15, 0.2) is 10.8 Å². The van der Waals surface area contributed by atoms with Gasteiger partial charge in [0, 0.05) is 6.07 Å². The number of methoxy groups -OCH3 is 1. The van der Waals surface area contributed by atoms with Gasteiger partial charge in [-0.05, 0) is 45.3 Å². The first-order valence-electron chi connectivity index (χ1n) is 9.97. The summed E-state index contributed by atoms with van der Waals surface area (Å²) in [7, 11) is 0.588. The standard InChI is InChI=1S/C20H26BrN7OS/c1-5-30(6-2,7-3)20-26-18-14(21)11-23-28(18)19(27-20)22-12-17-24-15-9-8-13(29-4)10-16(15)25-17/h8-11H,5-7,12H2,1-4H3,(H,24,25)(H,22,26,27). The van der Waals surface area contributed by atoms with Crippen molar-refractivity contribution in [1.29, 1.82) is 0 Å². The third-order valence-electron chi connectivity index (χ3n) is 5.50. The largest absolute Gasteiger partial charge is 0.497 e. The fourth-order valence-corrected chi connectivity index (χ4v) is 6.46. The Labute approximate surface area is 185 Å². The first-order chi connectivity index (χ1) is 14.5. The van der Waals surface area contributed by atoms with Crippen molar-refractivity contribution < 1.29 is 4.74 Å². The molecule has 0 fully saturated rings. The molecule has 0 bridgehead atoms. The lowest BCUT2D eigenvalue weighted by Gasteiger charge is -2.35. The van der Waals surface area contributed by atoms with E-state index < -0.39 is 10.0 Å². The van der Waals surface area contributed by atoms with Crippen LogP contribution in [0.2, 0.25) is 0 Å². The third-order valence-corrected chi connectivity index (χ3v) is 10.3. The number of H-pyrrole nitrogens is 1. The predicted octanol–water partition coefficient (Wildman–Crippen LogP) is 4.61. The van der Waals surface area contributed by atoms with Crippen LogP contribution < -0.4 is 10.1 Å². The van der Waals surface area contributed by atoms with E-state index in [1.54, 1.807) is 17.8 Å². The van der Waals surface area contributed by atoms with Crippen molar-refractivity contribution in [3.05, 3.63) is 34.7 Å². The highest BCUT2D eigenvalue weighted by Crippen LogP contribution is 2.53. The van der Waals surface area contributed by atoms with E-state index in [0.717, 1.165) is 55.1 Å². The van der Waals surface area contributed by atoms with Crippen LogP contribution in [0.15, 0.2) is 34.0 Å². The van der Waals surface area contributed by atoms with E-state index in [0.29, 0.717) is 12.5 Å². The Morgan fingerprint density at radius 2 is 1.90 bits per heavy atom. The topological polar surface area (TPSA) is 93.0 Å². The highest BCUT2D eigenvalue weighted by Gasteiger charge is 2.26. The van der Waals surface area contributed by atoms with Gasteiger partial charge >= 0.3 is 0 Å². The van der Waals surface area contributed by atoms with Crippen LogP contribution in [0.4, 0.5) is 5.95 Å². The van der Waals surface area contributed by atoms with Crippen molar-refractivity contribution in [3.8, 4) is 5.75 Å². The van der Waals surface area contributed by atoms with Crippen LogP contribution in [-0.2, 0) is 6.54 Å². The van der Waals surface area contributed by atoms with Crippen LogP contribution in [0.3, 0.4) is 0 Å². The molecule has 0 saturated carbocycles. The minimum atomic E-state index is -1.07. The number of hydrogen-bond donors (Lipinski definition) is 2. The number of aromatic nitrogens is 6. The third kappa shape index (κ3) is 3.62. The SMILES string of the molecule is CCS(CC)(CC)c1nc(NCc2nc3ccc(OC)cc3[nH]2)n2ncc(Br)c2n1. The Kier molecular flexibility index (Phi) is 5.88. The summed E-state index contributed by atoms with van der Waals surface area (Å²) in [6.07, 6.45) is 1.76. The van der Waals surface area contributed by atoms with Gasteiger partial charge in [0.1, 0.15) is 11.6 Å². The zero-order valence-electron chi connectivity index (χ0n) is 17.6. The summed E-state index contributed by atoms with van der Waals surface area (Å²) < 4.78 is 7.90. The number of anilines is 1. The maximum absolute atomic E-state index is 5.29. The van der Waals surface area contributed by atoms with Gasteiger partial charge in [-0.3, -0.25) is 0 Å². The van der Waals surface area contributed by atoms with Crippen LogP contribution >= 0.6 is 26.0 Å². The number of ether oxygens (including phenoxy) is 1. The van der Waals surface area contributed by atoms with Crippen molar-refractivity contribution in [2.24, 2.45) is 0 Å². The van der Waals surface area contributed by atoms with Crippen molar-refractivity contribution in [1.82, 2.24) is 29.5 Å². The summed E-state index contributed by atoms with van der Waals surface area (Å²) in [6, 6.07) is 5.80. The molecule has 2 N–H and O–H groups in total. The van der Waals surface area contributed by atoms with Gasteiger partial charge < -0.3 is 15.0 Å². The zero-order valence-corrected chi connectivity index (χ0v) is 20.0. The molecule has 0 unspecified atom stereocenters. The molecular weight excluding hydrogens is 466 g/mol. The van der Waals surface area contributed by atoms with Crippen molar-refractivity contribution in [3.63, 3.8) is 0 Å². The zero-order chi connectivity index (χ0) is 21.3. The van der Waals surface area contributed by atoms with E-state index in [1.807, 2.05) is 18.2 Å². The molecule has 4 aromatic rings. The molecule has 0 aliphatic carbocycles. The number of hydrogen-bond acceptors (Lipinski definition) is 6. The van der Waals surface area contributed by atoms with Crippen LogP contribution in [0, 0.1) is 0 Å². The minimum absolute atomic E-state index is 0.493. The number of nitrogens with zero attached hydrogens (tertiary/aromatic N) is 5. The molecule has 160 valence electrons. The average Bonchev–Trinajstić information content (AvgIpc) is 3.36. The summed E-state index contributed by atoms with van der Waals surface area (Å²) in [5.74, 6) is 5.47. The second-order valence-electron chi connectivity index (χ2n) is 6.89. The van der Waals surface area contributed by atoms with E-state index in [-0.39, 0.29) is 0 Å². The lowest BCUT2D eigenvalue weighted by atomic mass is 10.3. The second kappa shape index (κ2) is 8.43. The maximum Gasteiger partial charge on any atom is 0.228 e. The molecule has 0 aliphatic rings. The smallest absolute Gasteiger partial charge is 0.228 e. The molecule has 3 heterocycles. The van der Waals surface area contributed by atoms with Crippen LogP contribution in [0.5, 0.6) is 5.75 Å². The summed E-state index contributed by atoms with van der Waals surface area (Å²) in [5.41, 5.74) is 2.62. The normalized spacial score (nSPS) is 12.6. The second-order valence-corrected chi connectivity index (χ2v) is 11.9. The van der Waals surface area contributed by atoms with Gasteiger partial charge in [-0.15, -0.1) is 0 Å². The molecule has 0 saturated heterocycles. The summed E-state index contributed by atoms with van der Waals surface area (Å²) in [6.45, 7) is 7.19. The van der Waals surface area contributed by atoms with Gasteiger partial charge in [-0.25, -0.2) is 9.97 Å². The number of aromatic amines is 1. The average molecular weight is 492 g/mol. The Bertz CT molecular complexity index is 1180. The van der Waals surface area contributed by atoms with Crippen LogP contribution in [-0.4, -0.2) is 53.9 Å². The fourth-order valence-electron chi connectivity index (χ4n) is 3.55. The molecule has 0 amide bonds. The number of fused-ring (bicyclic) bond motifs is 2. The molecule has 0 aliphatic heterocycles. The monoisotopic (exact) mass is 491 g/mol. The molecule has 3 aromatic heterocycles. The van der Waals surface area contributed by atoms with E-state index in [2.05, 4.69) is 57.1 Å². The van der Waals surface area contributed by atoms with Crippen molar-refractivity contribution in [2.75, 3.05) is 29.7 Å².